The van der Waals surface area contributed by atoms with Gasteiger partial charge < -0.3 is 18.9 Å². The van der Waals surface area contributed by atoms with Crippen LogP contribution in [0, 0.1) is 46.8 Å². The van der Waals surface area contributed by atoms with Crippen LogP contribution >= 0.6 is 11.3 Å². The lowest BCUT2D eigenvalue weighted by molar-refractivity contribution is -0.908. The van der Waals surface area contributed by atoms with E-state index in [2.05, 4.69) is 9.72 Å². The molecule has 1 aromatic heterocycles. The molecule has 0 fully saturated rings. The van der Waals surface area contributed by atoms with E-state index in [-0.39, 0.29) is 41.4 Å². The molecule has 1 unspecified atom stereocenters. The summed E-state index contributed by atoms with van der Waals surface area (Å²) < 4.78 is 79.2. The average molecular weight is 707 g/mol. The number of esters is 2. The molecule has 1 amide bonds. The molecule has 0 saturated carbocycles. The molecular weight excluding hydrogens is 661 g/mol. The van der Waals surface area contributed by atoms with Crippen LogP contribution in [0.1, 0.15) is 89.3 Å². The highest BCUT2D eigenvalue weighted by atomic mass is 32.1. The van der Waals surface area contributed by atoms with Gasteiger partial charge in [-0.3, -0.25) is 14.4 Å². The third kappa shape index (κ3) is 8.95. The normalized spacial score (nSPS) is 14.7. The van der Waals surface area contributed by atoms with Gasteiger partial charge in [0, 0.05) is 44.2 Å². The first-order chi connectivity index (χ1) is 22.0. The Labute approximate surface area is 282 Å². The largest absolute Gasteiger partial charge is 0.455 e. The first kappa shape index (κ1) is 40.7. The lowest BCUT2D eigenvalue weighted by Crippen LogP contribution is -2.58. The molecule has 0 radical (unpaired) electrons. The molecule has 9 nitrogen and oxygen atoms in total. The number of ether oxygens (including phenoxy) is 2. The van der Waals surface area contributed by atoms with Crippen LogP contribution in [0.5, 0.6) is 5.75 Å². The molecule has 0 N–H and O–H groups in total. The number of aromatic nitrogens is 1. The Balaban J connectivity index is 2.40. The molecule has 0 aliphatic rings. The van der Waals surface area contributed by atoms with Crippen LogP contribution in [0.25, 0.3) is 0 Å². The second-order valence-electron chi connectivity index (χ2n) is 13.6. The Morgan fingerprint density at radius 1 is 0.958 bits per heavy atom. The van der Waals surface area contributed by atoms with Crippen molar-refractivity contribution >= 4 is 35.0 Å². The molecule has 0 aliphatic carbocycles. The molecule has 268 valence electrons. The minimum Gasteiger partial charge on any atom is -0.455 e. The van der Waals surface area contributed by atoms with E-state index < -0.39 is 76.1 Å². The second-order valence-corrected chi connectivity index (χ2v) is 14.5. The Hall–Kier alpha value is -3.46. The number of thiazole rings is 1. The van der Waals surface area contributed by atoms with Gasteiger partial charge in [-0.05, 0) is 25.7 Å². The van der Waals surface area contributed by atoms with Crippen LogP contribution in [-0.2, 0) is 19.1 Å². The molecule has 4 atom stereocenters. The maximum absolute atomic E-state index is 14.1. The summed E-state index contributed by atoms with van der Waals surface area (Å²) in [5.74, 6) is -17.0. The zero-order valence-corrected chi connectivity index (χ0v) is 30.0. The number of halogens is 5. The summed E-state index contributed by atoms with van der Waals surface area (Å²) in [7, 11) is 7.35. The maximum Gasteiger partial charge on any atom is 0.363 e. The first-order valence-electron chi connectivity index (χ1n) is 15.4. The zero-order chi connectivity index (χ0) is 37.0. The maximum atomic E-state index is 14.1. The molecule has 48 heavy (non-hydrogen) atoms. The summed E-state index contributed by atoms with van der Waals surface area (Å²) in [4.78, 5) is 58.0. The van der Waals surface area contributed by atoms with E-state index in [1.807, 2.05) is 62.7 Å². The third-order valence-corrected chi connectivity index (χ3v) is 10.1. The average Bonchev–Trinajstić information content (AvgIpc) is 3.50. The van der Waals surface area contributed by atoms with Gasteiger partial charge in [0.25, 0.3) is 0 Å². The van der Waals surface area contributed by atoms with Crippen LogP contribution in [0.15, 0.2) is 5.38 Å². The van der Waals surface area contributed by atoms with Crippen LogP contribution in [0.2, 0.25) is 0 Å². The van der Waals surface area contributed by atoms with E-state index in [9.17, 15) is 41.1 Å². The van der Waals surface area contributed by atoms with Gasteiger partial charge in [0.1, 0.15) is 5.01 Å². The predicted octanol–water partition coefficient (Wildman–Crippen LogP) is 6.64. The van der Waals surface area contributed by atoms with Crippen molar-refractivity contribution in [3.8, 4) is 5.75 Å². The molecule has 2 rings (SSSR count). The van der Waals surface area contributed by atoms with E-state index in [1.54, 1.807) is 7.05 Å². The number of quaternary nitrogens is 1. The number of nitrogens with zero attached hydrogens (tertiary/aromatic N) is 3. The number of hydrogen-bond donors (Lipinski definition) is 0. The summed E-state index contributed by atoms with van der Waals surface area (Å²) in [6.07, 6.45) is -0.412. The fourth-order valence-electron chi connectivity index (χ4n) is 4.91. The third-order valence-electron chi connectivity index (χ3n) is 9.16. The van der Waals surface area contributed by atoms with Crippen molar-refractivity contribution < 1.29 is 55.1 Å². The Morgan fingerprint density at radius 3 is 1.94 bits per heavy atom. The minimum atomic E-state index is -2.41. The number of benzene rings is 1. The Kier molecular flexibility index (Phi) is 13.4. The van der Waals surface area contributed by atoms with Crippen molar-refractivity contribution in [3.05, 3.63) is 45.2 Å². The van der Waals surface area contributed by atoms with Gasteiger partial charge in [0.05, 0.1) is 21.1 Å². The number of likely N-dealkylation sites (N-methyl/N-ethyl adjacent to an activating group) is 1. The molecule has 0 aliphatic heterocycles. The highest BCUT2D eigenvalue weighted by molar-refractivity contribution is 7.09. The van der Waals surface area contributed by atoms with Crippen molar-refractivity contribution in [2.75, 3.05) is 28.2 Å². The molecular formula is C33H45F5N3O6S+. The number of carbonyl (C=O) groups excluding carboxylic acids is 4. The molecule has 1 heterocycles. The highest BCUT2D eigenvalue weighted by Crippen LogP contribution is 2.34. The van der Waals surface area contributed by atoms with E-state index in [0.29, 0.717) is 10.9 Å². The summed E-state index contributed by atoms with van der Waals surface area (Å²) in [6, 6.07) is -0.553. The summed E-state index contributed by atoms with van der Waals surface area (Å²) in [5.41, 5.74) is -1.31. The van der Waals surface area contributed by atoms with E-state index in [4.69, 9.17) is 4.74 Å². The monoisotopic (exact) mass is 706 g/mol. The van der Waals surface area contributed by atoms with Gasteiger partial charge in [-0.15, -0.1) is 11.3 Å². The van der Waals surface area contributed by atoms with E-state index in [0.717, 1.165) is 23.6 Å². The van der Waals surface area contributed by atoms with Crippen molar-refractivity contribution in [3.63, 3.8) is 0 Å². The second kappa shape index (κ2) is 15.8. The van der Waals surface area contributed by atoms with Crippen LogP contribution in [0.3, 0.4) is 0 Å². The molecule has 2 aromatic rings. The van der Waals surface area contributed by atoms with E-state index in [1.165, 1.54) is 4.90 Å². The number of hydrogen-bond acceptors (Lipinski definition) is 8. The van der Waals surface area contributed by atoms with Gasteiger partial charge in [-0.25, -0.2) is 22.9 Å². The number of ketones is 1. The number of Topliss-reactive ketones (excluding diaryl/α,β-unsaturated/α-hetero) is 1. The fraction of sp³-hybridized carbons (Fsp3) is 0.606. The quantitative estimate of drug-likeness (QED) is 0.0511. The van der Waals surface area contributed by atoms with Crippen LogP contribution < -0.4 is 4.74 Å². The predicted molar refractivity (Wildman–Crippen MR) is 169 cm³/mol. The van der Waals surface area contributed by atoms with Crippen molar-refractivity contribution in [2.24, 2.45) is 17.8 Å². The van der Waals surface area contributed by atoms with Gasteiger partial charge >= 0.3 is 11.9 Å². The molecule has 0 bridgehead atoms. The Bertz CT molecular complexity index is 1490. The van der Waals surface area contributed by atoms with Gasteiger partial charge in [0.15, 0.2) is 23.1 Å². The lowest BCUT2D eigenvalue weighted by Gasteiger charge is -2.41. The van der Waals surface area contributed by atoms with Crippen molar-refractivity contribution in [1.82, 2.24) is 9.88 Å². The standard InChI is InChI=1S/C33H45F5N3O6S/c1-12-17(4)19(13-23(43)33(6,7)41(9,10)11)31(44)40(8)21(16(2)3)14-22(46-18(5)42)30-39-20(15-48-30)32(45)47-29-27(37)25(35)24(34)26(36)28(29)38/h15-17,19,21-22H,12-14H2,1-11H3/q+1/t17?,19-,21+,22+/m0/s1. The van der Waals surface area contributed by atoms with E-state index >= 15 is 0 Å². The van der Waals surface area contributed by atoms with Crippen LogP contribution in [-0.4, -0.2) is 77.8 Å². The summed E-state index contributed by atoms with van der Waals surface area (Å²) >= 11 is 0.823. The number of carbonyl (C=O) groups is 4. The number of amides is 1. The van der Waals surface area contributed by atoms with Gasteiger partial charge in [0.2, 0.25) is 40.7 Å². The molecule has 0 spiro atoms. The zero-order valence-electron chi connectivity index (χ0n) is 29.2. The molecule has 1 aromatic carbocycles. The van der Waals surface area contributed by atoms with Gasteiger partial charge in [-0.1, -0.05) is 34.1 Å². The van der Waals surface area contributed by atoms with Crippen LogP contribution in [0.4, 0.5) is 22.0 Å². The van der Waals surface area contributed by atoms with Crippen molar-refractivity contribution in [1.29, 1.82) is 0 Å². The topological polar surface area (TPSA) is 103 Å². The smallest absolute Gasteiger partial charge is 0.363 e. The molecule has 0 saturated heterocycles. The van der Waals surface area contributed by atoms with Gasteiger partial charge in [-0.2, -0.15) is 8.78 Å². The summed E-state index contributed by atoms with van der Waals surface area (Å²) in [5, 5.41) is 1.17. The number of rotatable bonds is 15. The first-order valence-corrected chi connectivity index (χ1v) is 16.3. The van der Waals surface area contributed by atoms with Crippen molar-refractivity contribution in [2.45, 2.75) is 85.4 Å². The lowest BCUT2D eigenvalue weighted by atomic mass is 9.80. The SMILES string of the molecule is CCC(C)[C@H](CC(=O)C(C)(C)[N+](C)(C)C)C(=O)N(C)[C@H](C[C@@H](OC(C)=O)c1nc(C(=O)Oc2c(F)c(F)c(F)c(F)c2F)cs1)C(C)C. The fourth-order valence-corrected chi connectivity index (χ4v) is 5.74. The minimum absolute atomic E-state index is 0.0185. The Morgan fingerprint density at radius 2 is 1.48 bits per heavy atom. The molecule has 15 heteroatoms. The highest BCUT2D eigenvalue weighted by Gasteiger charge is 2.44. The summed E-state index contributed by atoms with van der Waals surface area (Å²) in [6.45, 7) is 12.4.